The summed E-state index contributed by atoms with van der Waals surface area (Å²) in [5.41, 5.74) is 3.27. The molecule has 0 aromatic heterocycles. The number of ketones is 1. The molecule has 7 nitrogen and oxygen atoms in total. The molecule has 0 radical (unpaired) electrons. The standard InChI is InChI=1S/C25H29N3O4/c1-5-12-28-22(16-6-9-18(10-7-16)26(2)3)21(24(30)25(28)31)23(29)17-8-11-20-19(15-17)27(4)13-14-32-20/h6-11,15,22,29H,5,12-14H2,1-4H3/b23-21-. The molecule has 2 aliphatic rings. The van der Waals surface area contributed by atoms with E-state index < -0.39 is 17.7 Å². The second-order valence-electron chi connectivity index (χ2n) is 8.43. The van der Waals surface area contributed by atoms with Gasteiger partial charge in [-0.1, -0.05) is 19.1 Å². The number of Topliss-reactive ketones (excluding diaryl/α,β-unsaturated/α-hetero) is 1. The summed E-state index contributed by atoms with van der Waals surface area (Å²) in [6.45, 7) is 3.73. The fourth-order valence-corrected chi connectivity index (χ4v) is 4.31. The van der Waals surface area contributed by atoms with Gasteiger partial charge in [0.25, 0.3) is 11.7 Å². The van der Waals surface area contributed by atoms with E-state index >= 15 is 0 Å². The van der Waals surface area contributed by atoms with Gasteiger partial charge in [0.15, 0.2) is 0 Å². The summed E-state index contributed by atoms with van der Waals surface area (Å²) in [5, 5.41) is 11.3. The minimum atomic E-state index is -0.653. The zero-order chi connectivity index (χ0) is 23.0. The van der Waals surface area contributed by atoms with E-state index in [-0.39, 0.29) is 11.3 Å². The molecule has 0 spiro atoms. The van der Waals surface area contributed by atoms with Crippen molar-refractivity contribution < 1.29 is 19.4 Å². The van der Waals surface area contributed by atoms with Gasteiger partial charge in [-0.2, -0.15) is 0 Å². The second-order valence-corrected chi connectivity index (χ2v) is 8.43. The highest BCUT2D eigenvalue weighted by atomic mass is 16.5. The van der Waals surface area contributed by atoms with Crippen LogP contribution in [0.2, 0.25) is 0 Å². The highest BCUT2D eigenvalue weighted by Crippen LogP contribution is 2.41. The van der Waals surface area contributed by atoms with E-state index in [1.165, 1.54) is 0 Å². The van der Waals surface area contributed by atoms with Gasteiger partial charge in [0.1, 0.15) is 18.1 Å². The molecule has 1 N–H and O–H groups in total. The summed E-state index contributed by atoms with van der Waals surface area (Å²) in [5.74, 6) is -0.656. The molecule has 2 aliphatic heterocycles. The van der Waals surface area contributed by atoms with Gasteiger partial charge in [-0.05, 0) is 42.3 Å². The first kappa shape index (κ1) is 21.7. The number of fused-ring (bicyclic) bond motifs is 1. The van der Waals surface area contributed by atoms with Gasteiger partial charge >= 0.3 is 0 Å². The minimum Gasteiger partial charge on any atom is -0.507 e. The van der Waals surface area contributed by atoms with Crippen LogP contribution in [0.4, 0.5) is 11.4 Å². The molecule has 1 saturated heterocycles. The number of nitrogens with zero attached hydrogens (tertiary/aromatic N) is 3. The molecule has 1 fully saturated rings. The predicted octanol–water partition coefficient (Wildman–Crippen LogP) is 3.41. The first-order valence-corrected chi connectivity index (χ1v) is 10.9. The lowest BCUT2D eigenvalue weighted by molar-refractivity contribution is -0.139. The van der Waals surface area contributed by atoms with Gasteiger partial charge in [-0.15, -0.1) is 0 Å². The number of amides is 1. The van der Waals surface area contributed by atoms with Crippen LogP contribution in [-0.2, 0) is 9.59 Å². The first-order chi connectivity index (χ1) is 15.3. The molecule has 2 aromatic carbocycles. The van der Waals surface area contributed by atoms with Gasteiger partial charge in [-0.3, -0.25) is 9.59 Å². The molecule has 2 heterocycles. The number of carbonyl (C=O) groups is 2. The minimum absolute atomic E-state index is 0.125. The number of anilines is 2. The molecule has 7 heteroatoms. The SMILES string of the molecule is CCCN1C(=O)C(=O)/C(=C(\O)c2ccc3c(c2)N(C)CCO3)C1c1ccc(N(C)C)cc1. The number of ether oxygens (including phenoxy) is 1. The highest BCUT2D eigenvalue weighted by Gasteiger charge is 2.45. The third-order valence-electron chi connectivity index (χ3n) is 6.06. The van der Waals surface area contributed by atoms with Gasteiger partial charge in [0.2, 0.25) is 0 Å². The second kappa shape index (κ2) is 8.57. The van der Waals surface area contributed by atoms with Crippen LogP contribution in [0.3, 0.4) is 0 Å². The summed E-state index contributed by atoms with van der Waals surface area (Å²) in [7, 11) is 5.86. The van der Waals surface area contributed by atoms with E-state index in [9.17, 15) is 14.7 Å². The third kappa shape index (κ3) is 3.68. The number of likely N-dealkylation sites (N-methyl/N-ethyl adjacent to an activating group) is 1. The summed E-state index contributed by atoms with van der Waals surface area (Å²) in [6, 6.07) is 12.4. The molecule has 1 atom stereocenters. The van der Waals surface area contributed by atoms with Crippen molar-refractivity contribution in [2.45, 2.75) is 19.4 Å². The van der Waals surface area contributed by atoms with Crippen molar-refractivity contribution in [2.24, 2.45) is 0 Å². The van der Waals surface area contributed by atoms with E-state index in [1.807, 2.05) is 68.2 Å². The number of likely N-dealkylation sites (tertiary alicyclic amines) is 1. The summed E-state index contributed by atoms with van der Waals surface area (Å²) < 4.78 is 5.69. The molecule has 0 aliphatic carbocycles. The number of aliphatic hydroxyl groups is 1. The summed E-state index contributed by atoms with van der Waals surface area (Å²) >= 11 is 0. The number of rotatable bonds is 5. The first-order valence-electron chi connectivity index (χ1n) is 10.9. The van der Waals surface area contributed by atoms with Crippen molar-refractivity contribution in [1.29, 1.82) is 0 Å². The molecule has 32 heavy (non-hydrogen) atoms. The molecule has 168 valence electrons. The molecule has 2 aromatic rings. The number of benzene rings is 2. The number of hydrogen-bond donors (Lipinski definition) is 1. The molecule has 1 unspecified atom stereocenters. The Bertz CT molecular complexity index is 1080. The van der Waals surface area contributed by atoms with Crippen molar-refractivity contribution in [1.82, 2.24) is 4.90 Å². The topological polar surface area (TPSA) is 73.3 Å². The van der Waals surface area contributed by atoms with Crippen molar-refractivity contribution in [2.75, 3.05) is 50.6 Å². The van der Waals surface area contributed by atoms with Crippen LogP contribution in [0.15, 0.2) is 48.0 Å². The smallest absolute Gasteiger partial charge is 0.295 e. The predicted molar refractivity (Wildman–Crippen MR) is 125 cm³/mol. The molecule has 0 bridgehead atoms. The Kier molecular flexibility index (Phi) is 5.82. The Hall–Kier alpha value is -3.48. The van der Waals surface area contributed by atoms with E-state index in [2.05, 4.69) is 0 Å². The highest BCUT2D eigenvalue weighted by molar-refractivity contribution is 6.46. The fourth-order valence-electron chi connectivity index (χ4n) is 4.31. The van der Waals surface area contributed by atoms with Gasteiger partial charge in [-0.25, -0.2) is 0 Å². The number of aliphatic hydroxyl groups excluding tert-OH is 1. The van der Waals surface area contributed by atoms with Gasteiger partial charge < -0.3 is 24.5 Å². The van der Waals surface area contributed by atoms with Gasteiger partial charge in [0, 0.05) is 38.9 Å². The Morgan fingerprint density at radius 2 is 1.88 bits per heavy atom. The van der Waals surface area contributed by atoms with Crippen LogP contribution in [-0.4, -0.2) is 62.5 Å². The zero-order valence-corrected chi connectivity index (χ0v) is 19.0. The summed E-state index contributed by atoms with van der Waals surface area (Å²) in [6.07, 6.45) is 0.709. The van der Waals surface area contributed by atoms with Crippen LogP contribution >= 0.6 is 0 Å². The van der Waals surface area contributed by atoms with Crippen molar-refractivity contribution in [3.63, 3.8) is 0 Å². The lowest BCUT2D eigenvalue weighted by atomic mass is 9.94. The average molecular weight is 436 g/mol. The maximum Gasteiger partial charge on any atom is 0.295 e. The fraction of sp³-hybridized carbons (Fsp3) is 0.360. The molecule has 4 rings (SSSR count). The Balaban J connectivity index is 1.83. The number of hydrogen-bond acceptors (Lipinski definition) is 6. The van der Waals surface area contributed by atoms with Crippen LogP contribution in [0.25, 0.3) is 5.76 Å². The Labute approximate surface area is 188 Å². The third-order valence-corrected chi connectivity index (χ3v) is 6.06. The molecular weight excluding hydrogens is 406 g/mol. The monoisotopic (exact) mass is 435 g/mol. The largest absolute Gasteiger partial charge is 0.507 e. The lowest BCUT2D eigenvalue weighted by Gasteiger charge is -2.28. The van der Waals surface area contributed by atoms with Crippen LogP contribution in [0.1, 0.15) is 30.5 Å². The van der Waals surface area contributed by atoms with E-state index in [4.69, 9.17) is 4.74 Å². The summed E-state index contributed by atoms with van der Waals surface area (Å²) in [4.78, 5) is 31.5. The average Bonchev–Trinajstić information content (AvgIpc) is 3.04. The Morgan fingerprint density at radius 1 is 1.16 bits per heavy atom. The van der Waals surface area contributed by atoms with Crippen LogP contribution in [0, 0.1) is 0 Å². The van der Waals surface area contributed by atoms with E-state index in [0.717, 1.165) is 29.2 Å². The maximum absolute atomic E-state index is 13.1. The van der Waals surface area contributed by atoms with Crippen molar-refractivity contribution in [3.05, 3.63) is 59.2 Å². The van der Waals surface area contributed by atoms with Crippen molar-refractivity contribution in [3.8, 4) is 5.75 Å². The lowest BCUT2D eigenvalue weighted by Crippen LogP contribution is -2.30. The Morgan fingerprint density at radius 3 is 2.53 bits per heavy atom. The van der Waals surface area contributed by atoms with Crippen LogP contribution < -0.4 is 14.5 Å². The molecule has 1 amide bonds. The van der Waals surface area contributed by atoms with Crippen molar-refractivity contribution >= 4 is 28.8 Å². The van der Waals surface area contributed by atoms with Crippen LogP contribution in [0.5, 0.6) is 5.75 Å². The quantitative estimate of drug-likeness (QED) is 0.441. The zero-order valence-electron chi connectivity index (χ0n) is 19.0. The molecular formula is C25H29N3O4. The van der Waals surface area contributed by atoms with E-state index in [1.54, 1.807) is 17.0 Å². The van der Waals surface area contributed by atoms with E-state index in [0.29, 0.717) is 25.1 Å². The normalized spacial score (nSPS) is 19.7. The number of carbonyl (C=O) groups excluding carboxylic acids is 2. The molecule has 0 saturated carbocycles. The van der Waals surface area contributed by atoms with Gasteiger partial charge in [0.05, 0.1) is 23.8 Å². The maximum atomic E-state index is 13.1.